The summed E-state index contributed by atoms with van der Waals surface area (Å²) in [5, 5.41) is 12.8. The lowest BCUT2D eigenvalue weighted by molar-refractivity contribution is -0.384. The van der Waals surface area contributed by atoms with Crippen LogP contribution in [-0.2, 0) is 9.59 Å². The lowest BCUT2D eigenvalue weighted by atomic mass is 9.76. The molecular formula is C24H22ClN3O6. The van der Waals surface area contributed by atoms with Crippen LogP contribution < -0.4 is 0 Å². The number of nitrogens with zero attached hydrogens (tertiary/aromatic N) is 3. The minimum absolute atomic E-state index is 0.0173. The van der Waals surface area contributed by atoms with Crippen LogP contribution in [0.4, 0.5) is 5.69 Å². The summed E-state index contributed by atoms with van der Waals surface area (Å²) >= 11 is 6.20. The van der Waals surface area contributed by atoms with E-state index in [4.69, 9.17) is 11.6 Å². The van der Waals surface area contributed by atoms with Crippen molar-refractivity contribution in [2.45, 2.75) is 26.2 Å². The number of carbonyl (C=O) groups is 4. The highest BCUT2D eigenvalue weighted by Crippen LogP contribution is 2.41. The fourth-order valence-corrected chi connectivity index (χ4v) is 4.85. The number of Topliss-reactive ketones (excluding diaryl/α,β-unsaturated/α-hetero) is 1. The number of non-ortho nitro benzene ring substituents is 1. The molecule has 10 heteroatoms. The van der Waals surface area contributed by atoms with Crippen LogP contribution in [0.15, 0.2) is 48.5 Å². The molecule has 0 aromatic heterocycles. The van der Waals surface area contributed by atoms with E-state index in [2.05, 4.69) is 0 Å². The number of hydrazine groups is 1. The maximum atomic E-state index is 13.5. The fraction of sp³-hybridized carbons (Fsp3) is 0.333. The Morgan fingerprint density at radius 3 is 2.50 bits per heavy atom. The minimum Gasteiger partial charge on any atom is -0.292 e. The number of hydrogen-bond acceptors (Lipinski definition) is 6. The van der Waals surface area contributed by atoms with Crippen LogP contribution in [0.2, 0.25) is 5.02 Å². The molecule has 0 spiro atoms. The largest absolute Gasteiger partial charge is 0.292 e. The zero-order valence-corrected chi connectivity index (χ0v) is 19.1. The first-order valence-corrected chi connectivity index (χ1v) is 11.3. The summed E-state index contributed by atoms with van der Waals surface area (Å²) in [6, 6.07) is 11.2. The van der Waals surface area contributed by atoms with Crippen molar-refractivity contribution >= 4 is 40.8 Å². The number of halogens is 1. The van der Waals surface area contributed by atoms with E-state index >= 15 is 0 Å². The Kier molecular flexibility index (Phi) is 6.47. The van der Waals surface area contributed by atoms with E-state index in [1.165, 1.54) is 30.3 Å². The molecule has 1 heterocycles. The van der Waals surface area contributed by atoms with Crippen molar-refractivity contribution in [2.24, 2.45) is 17.8 Å². The number of rotatable bonds is 6. The first-order valence-electron chi connectivity index (χ1n) is 10.9. The highest BCUT2D eigenvalue weighted by molar-refractivity contribution is 6.34. The molecular weight excluding hydrogens is 462 g/mol. The molecule has 1 aliphatic carbocycles. The summed E-state index contributed by atoms with van der Waals surface area (Å²) in [6.07, 6.45) is 1.84. The Balaban J connectivity index is 1.71. The summed E-state index contributed by atoms with van der Waals surface area (Å²) in [5.74, 6) is -3.31. The van der Waals surface area contributed by atoms with Gasteiger partial charge < -0.3 is 0 Å². The lowest BCUT2D eigenvalue weighted by Gasteiger charge is -2.30. The standard InChI is InChI=1S/C24H22ClN3O6/c1-14-9-10-17-19(11-14)24(32)27(23(17)31)26(22(30)18-7-2-3-8-20(18)25)13-21(29)15-5-4-6-16(12-15)28(33)34/h2-8,12,14,17,19H,9-11,13H2,1H3/t14-,17-,19-/m1/s1. The van der Waals surface area contributed by atoms with Crippen LogP contribution in [-0.4, -0.2) is 45.0 Å². The van der Waals surface area contributed by atoms with Gasteiger partial charge in [-0.25, -0.2) is 5.01 Å². The predicted molar refractivity (Wildman–Crippen MR) is 122 cm³/mol. The molecule has 3 atom stereocenters. The second-order valence-corrected chi connectivity index (χ2v) is 9.10. The van der Waals surface area contributed by atoms with Crippen molar-refractivity contribution in [3.05, 3.63) is 74.8 Å². The van der Waals surface area contributed by atoms with Crippen LogP contribution in [0.1, 0.15) is 46.9 Å². The molecule has 2 aromatic carbocycles. The molecule has 4 rings (SSSR count). The van der Waals surface area contributed by atoms with Gasteiger partial charge in [-0.3, -0.25) is 29.3 Å². The Labute approximate surface area is 200 Å². The molecule has 1 aliphatic heterocycles. The molecule has 2 aliphatic rings. The molecule has 9 nitrogen and oxygen atoms in total. The monoisotopic (exact) mass is 483 g/mol. The van der Waals surface area contributed by atoms with Crippen LogP contribution >= 0.6 is 11.6 Å². The number of benzene rings is 2. The van der Waals surface area contributed by atoms with Gasteiger partial charge in [0.25, 0.3) is 23.4 Å². The molecule has 34 heavy (non-hydrogen) atoms. The summed E-state index contributed by atoms with van der Waals surface area (Å²) in [5.41, 5.74) is -0.278. The highest BCUT2D eigenvalue weighted by atomic mass is 35.5. The highest BCUT2D eigenvalue weighted by Gasteiger charge is 2.53. The van der Waals surface area contributed by atoms with Crippen molar-refractivity contribution in [1.82, 2.24) is 10.0 Å². The van der Waals surface area contributed by atoms with E-state index < -0.39 is 46.8 Å². The first-order chi connectivity index (χ1) is 16.2. The minimum atomic E-state index is -0.780. The van der Waals surface area contributed by atoms with Gasteiger partial charge in [0.15, 0.2) is 5.78 Å². The average Bonchev–Trinajstić information content (AvgIpc) is 3.06. The van der Waals surface area contributed by atoms with E-state index in [0.29, 0.717) is 12.8 Å². The Hall–Kier alpha value is -3.59. The van der Waals surface area contributed by atoms with Crippen LogP contribution in [0.3, 0.4) is 0 Å². The van der Waals surface area contributed by atoms with Gasteiger partial charge in [-0.2, -0.15) is 5.01 Å². The zero-order valence-electron chi connectivity index (χ0n) is 18.3. The summed E-state index contributed by atoms with van der Waals surface area (Å²) in [4.78, 5) is 63.6. The molecule has 2 fully saturated rings. The van der Waals surface area contributed by atoms with E-state index in [0.717, 1.165) is 22.5 Å². The van der Waals surface area contributed by atoms with E-state index in [9.17, 15) is 29.3 Å². The topological polar surface area (TPSA) is 118 Å². The third kappa shape index (κ3) is 4.31. The van der Waals surface area contributed by atoms with Gasteiger partial charge in [0, 0.05) is 17.7 Å². The number of carbonyl (C=O) groups excluding carboxylic acids is 4. The zero-order chi connectivity index (χ0) is 24.6. The second-order valence-electron chi connectivity index (χ2n) is 8.69. The van der Waals surface area contributed by atoms with Gasteiger partial charge in [0.05, 0.1) is 27.3 Å². The van der Waals surface area contributed by atoms with Crippen LogP contribution in [0, 0.1) is 27.9 Å². The van der Waals surface area contributed by atoms with Gasteiger partial charge in [0.2, 0.25) is 0 Å². The fourth-order valence-electron chi connectivity index (χ4n) is 4.64. The quantitative estimate of drug-likeness (QED) is 0.266. The average molecular weight is 484 g/mol. The molecule has 0 N–H and O–H groups in total. The molecule has 1 saturated heterocycles. The van der Waals surface area contributed by atoms with Gasteiger partial charge in [0.1, 0.15) is 6.54 Å². The van der Waals surface area contributed by atoms with Gasteiger partial charge >= 0.3 is 0 Å². The maximum absolute atomic E-state index is 13.5. The third-order valence-corrected chi connectivity index (χ3v) is 6.75. The maximum Gasteiger partial charge on any atom is 0.274 e. The second kappa shape index (κ2) is 9.34. The van der Waals surface area contributed by atoms with Gasteiger partial charge in [-0.1, -0.05) is 42.8 Å². The number of amides is 3. The third-order valence-electron chi connectivity index (χ3n) is 6.42. The molecule has 0 radical (unpaired) electrons. The van der Waals surface area contributed by atoms with Crippen molar-refractivity contribution in [3.8, 4) is 0 Å². The number of ketones is 1. The SMILES string of the molecule is C[C@@H]1CC[C@H]2C(=O)N(N(CC(=O)c3cccc([N+](=O)[O-])c3)C(=O)c3ccccc3Cl)C(=O)[C@@H]2C1. The smallest absolute Gasteiger partial charge is 0.274 e. The molecule has 2 aromatic rings. The van der Waals surface area contributed by atoms with Crippen molar-refractivity contribution < 1.29 is 24.1 Å². The van der Waals surface area contributed by atoms with Crippen LogP contribution in [0.5, 0.6) is 0 Å². The van der Waals surface area contributed by atoms with E-state index in [1.54, 1.807) is 12.1 Å². The summed E-state index contributed by atoms with van der Waals surface area (Å²) in [6.45, 7) is 1.35. The number of nitro groups is 1. The predicted octanol–water partition coefficient (Wildman–Crippen LogP) is 3.91. The number of fused-ring (bicyclic) bond motifs is 1. The Bertz CT molecular complexity index is 1200. The van der Waals surface area contributed by atoms with Crippen molar-refractivity contribution in [2.75, 3.05) is 6.54 Å². The summed E-state index contributed by atoms with van der Waals surface area (Å²) in [7, 11) is 0. The Morgan fingerprint density at radius 1 is 1.09 bits per heavy atom. The lowest BCUT2D eigenvalue weighted by Crippen LogP contribution is -2.52. The van der Waals surface area contributed by atoms with Gasteiger partial charge in [-0.05, 0) is 37.3 Å². The molecule has 3 amide bonds. The number of imide groups is 1. The van der Waals surface area contributed by atoms with E-state index in [1.807, 2.05) is 6.92 Å². The van der Waals surface area contributed by atoms with Gasteiger partial charge in [-0.15, -0.1) is 0 Å². The molecule has 0 unspecified atom stereocenters. The van der Waals surface area contributed by atoms with E-state index in [-0.39, 0.29) is 27.8 Å². The first kappa shape index (κ1) is 23.6. The molecule has 0 bridgehead atoms. The molecule has 1 saturated carbocycles. The number of hydrogen-bond donors (Lipinski definition) is 0. The Morgan fingerprint density at radius 2 is 1.79 bits per heavy atom. The van der Waals surface area contributed by atoms with Crippen LogP contribution in [0.25, 0.3) is 0 Å². The normalized spacial score (nSPS) is 21.8. The number of nitro benzene ring substituents is 1. The van der Waals surface area contributed by atoms with Crippen molar-refractivity contribution in [3.63, 3.8) is 0 Å². The van der Waals surface area contributed by atoms with Crippen molar-refractivity contribution in [1.29, 1.82) is 0 Å². The summed E-state index contributed by atoms with van der Waals surface area (Å²) < 4.78 is 0. The molecule has 176 valence electrons.